The molecule has 7 heteroatoms. The topological polar surface area (TPSA) is 60.7 Å². The first kappa shape index (κ1) is 20.3. The van der Waals surface area contributed by atoms with Gasteiger partial charge >= 0.3 is 0 Å². The molecule has 0 N–H and O–H groups in total. The van der Waals surface area contributed by atoms with Crippen LogP contribution in [-0.4, -0.2) is 17.5 Å². The molecule has 5 nitrogen and oxygen atoms in total. The molecular formula is C23H19ClN2O3S. The van der Waals surface area contributed by atoms with Crippen LogP contribution < -0.4 is 19.6 Å². The third kappa shape index (κ3) is 3.64. The second kappa shape index (κ2) is 8.05. The Morgan fingerprint density at radius 3 is 2.43 bits per heavy atom. The minimum absolute atomic E-state index is 0.107. The van der Waals surface area contributed by atoms with E-state index in [1.807, 2.05) is 49.4 Å². The summed E-state index contributed by atoms with van der Waals surface area (Å²) in [4.78, 5) is 31.0. The normalized spacial score (nSPS) is 16.3. The molecule has 0 bridgehead atoms. The van der Waals surface area contributed by atoms with Crippen LogP contribution >= 0.6 is 22.9 Å². The zero-order chi connectivity index (χ0) is 21.4. The van der Waals surface area contributed by atoms with E-state index >= 15 is 0 Å². The van der Waals surface area contributed by atoms with Crippen LogP contribution in [0.4, 0.5) is 0 Å². The SMILES string of the molecule is COc1ccc([C@H]2C(C(C)=O)=C(C)N=c3s/c(=C/c4ccc(Cl)cc4)c(=O)n32)cc1. The largest absolute Gasteiger partial charge is 0.497 e. The lowest BCUT2D eigenvalue weighted by Gasteiger charge is -2.24. The van der Waals surface area contributed by atoms with Gasteiger partial charge in [0.05, 0.1) is 17.7 Å². The van der Waals surface area contributed by atoms with Gasteiger partial charge in [0, 0.05) is 16.3 Å². The fraction of sp³-hybridized carbons (Fsp3) is 0.174. The van der Waals surface area contributed by atoms with Crippen molar-refractivity contribution in [2.75, 3.05) is 7.11 Å². The maximum Gasteiger partial charge on any atom is 0.271 e. The van der Waals surface area contributed by atoms with Crippen LogP contribution in [0.2, 0.25) is 5.02 Å². The lowest BCUT2D eigenvalue weighted by Crippen LogP contribution is -2.39. The second-order valence-electron chi connectivity index (χ2n) is 6.96. The first-order valence-electron chi connectivity index (χ1n) is 9.32. The summed E-state index contributed by atoms with van der Waals surface area (Å²) in [6, 6.07) is 14.1. The Morgan fingerprint density at radius 1 is 1.17 bits per heavy atom. The number of hydrogen-bond donors (Lipinski definition) is 0. The summed E-state index contributed by atoms with van der Waals surface area (Å²) in [7, 11) is 1.60. The van der Waals surface area contributed by atoms with E-state index in [9.17, 15) is 9.59 Å². The summed E-state index contributed by atoms with van der Waals surface area (Å²) in [6.45, 7) is 3.32. The number of nitrogens with zero attached hydrogens (tertiary/aromatic N) is 2. The fourth-order valence-electron chi connectivity index (χ4n) is 3.58. The molecule has 0 fully saturated rings. The van der Waals surface area contributed by atoms with Gasteiger partial charge in [-0.1, -0.05) is 47.2 Å². The smallest absolute Gasteiger partial charge is 0.271 e. The molecule has 0 radical (unpaired) electrons. The van der Waals surface area contributed by atoms with Crippen LogP contribution in [0, 0.1) is 0 Å². The van der Waals surface area contributed by atoms with Crippen LogP contribution in [0.3, 0.4) is 0 Å². The molecule has 3 aromatic rings. The number of rotatable bonds is 4. The Labute approximate surface area is 182 Å². The number of methoxy groups -OCH3 is 1. The van der Waals surface area contributed by atoms with Gasteiger partial charge in [-0.2, -0.15) is 0 Å². The number of halogens is 1. The highest BCUT2D eigenvalue weighted by atomic mass is 35.5. The van der Waals surface area contributed by atoms with Crippen LogP contribution in [0.5, 0.6) is 5.75 Å². The molecule has 1 aliphatic heterocycles. The quantitative estimate of drug-likeness (QED) is 0.626. The molecule has 0 aliphatic carbocycles. The number of carbonyl (C=O) groups is 1. The van der Waals surface area contributed by atoms with E-state index in [2.05, 4.69) is 4.99 Å². The summed E-state index contributed by atoms with van der Waals surface area (Å²) < 4.78 is 7.40. The maximum absolute atomic E-state index is 13.4. The van der Waals surface area contributed by atoms with Gasteiger partial charge < -0.3 is 4.74 Å². The van der Waals surface area contributed by atoms with E-state index in [1.54, 1.807) is 23.8 Å². The van der Waals surface area contributed by atoms with Crippen molar-refractivity contribution in [1.29, 1.82) is 0 Å². The third-order valence-electron chi connectivity index (χ3n) is 5.00. The van der Waals surface area contributed by atoms with Gasteiger partial charge in [0.1, 0.15) is 5.75 Å². The predicted octanol–water partition coefficient (Wildman–Crippen LogP) is 3.49. The number of ketones is 1. The lowest BCUT2D eigenvalue weighted by molar-refractivity contribution is -0.114. The summed E-state index contributed by atoms with van der Waals surface area (Å²) in [6.07, 6.45) is 1.82. The molecule has 1 aliphatic rings. The summed E-state index contributed by atoms with van der Waals surface area (Å²) in [5, 5.41) is 0.634. The fourth-order valence-corrected chi connectivity index (χ4v) is 4.76. The van der Waals surface area contributed by atoms with Crippen molar-refractivity contribution in [1.82, 2.24) is 4.57 Å². The molecule has 2 heterocycles. The van der Waals surface area contributed by atoms with E-state index in [0.29, 0.717) is 31.4 Å². The molecule has 1 aromatic heterocycles. The zero-order valence-electron chi connectivity index (χ0n) is 16.7. The molecule has 4 rings (SSSR count). The Morgan fingerprint density at radius 2 is 1.83 bits per heavy atom. The Hall–Kier alpha value is -2.96. The van der Waals surface area contributed by atoms with Gasteiger partial charge in [-0.3, -0.25) is 14.2 Å². The minimum atomic E-state index is -0.531. The number of aromatic nitrogens is 1. The maximum atomic E-state index is 13.4. The van der Waals surface area contributed by atoms with Gasteiger partial charge in [-0.05, 0) is 55.3 Å². The highest BCUT2D eigenvalue weighted by Gasteiger charge is 2.30. The highest BCUT2D eigenvalue weighted by molar-refractivity contribution is 7.07. The first-order chi connectivity index (χ1) is 14.4. The number of thiazole rings is 1. The number of Topliss-reactive ketones (excluding diaryl/α,β-unsaturated/α-hetero) is 1. The van der Waals surface area contributed by atoms with Crippen molar-refractivity contribution >= 4 is 34.8 Å². The van der Waals surface area contributed by atoms with E-state index < -0.39 is 6.04 Å². The number of fused-ring (bicyclic) bond motifs is 1. The number of ether oxygens (including phenoxy) is 1. The monoisotopic (exact) mass is 438 g/mol. The van der Waals surface area contributed by atoms with E-state index in [4.69, 9.17) is 16.3 Å². The van der Waals surface area contributed by atoms with Crippen LogP contribution in [0.15, 0.2) is 69.6 Å². The van der Waals surface area contributed by atoms with Crippen molar-refractivity contribution in [3.63, 3.8) is 0 Å². The molecule has 30 heavy (non-hydrogen) atoms. The standard InChI is InChI=1S/C23H19ClN2O3S/c1-13-20(14(2)27)21(16-6-10-18(29-3)11-7-16)26-22(28)19(30-23(26)25-13)12-15-4-8-17(24)9-5-15/h4-12,21H,1-3H3/b19-12+/t21-/m0/s1. The summed E-state index contributed by atoms with van der Waals surface area (Å²) in [5.74, 6) is 0.600. The van der Waals surface area contributed by atoms with Crippen molar-refractivity contribution in [2.45, 2.75) is 19.9 Å². The van der Waals surface area contributed by atoms with E-state index in [1.165, 1.54) is 18.3 Å². The van der Waals surface area contributed by atoms with Crippen molar-refractivity contribution in [3.05, 3.63) is 95.6 Å². The lowest BCUT2D eigenvalue weighted by atomic mass is 9.93. The summed E-state index contributed by atoms with van der Waals surface area (Å²) >= 11 is 7.27. The number of hydrogen-bond acceptors (Lipinski definition) is 5. The number of benzene rings is 2. The number of allylic oxidation sites excluding steroid dienone is 2. The average Bonchev–Trinajstić information content (AvgIpc) is 3.03. The molecule has 1 atom stereocenters. The second-order valence-corrected chi connectivity index (χ2v) is 8.41. The molecule has 0 spiro atoms. The molecule has 2 aromatic carbocycles. The Bertz CT molecular complexity index is 1330. The Kier molecular flexibility index (Phi) is 5.45. The first-order valence-corrected chi connectivity index (χ1v) is 10.5. The van der Waals surface area contributed by atoms with Gasteiger partial charge in [0.25, 0.3) is 5.56 Å². The van der Waals surface area contributed by atoms with E-state index in [0.717, 1.165) is 11.1 Å². The zero-order valence-corrected chi connectivity index (χ0v) is 18.3. The molecule has 152 valence electrons. The van der Waals surface area contributed by atoms with Crippen LogP contribution in [-0.2, 0) is 4.79 Å². The van der Waals surface area contributed by atoms with Crippen molar-refractivity contribution in [2.24, 2.45) is 4.99 Å². The average molecular weight is 439 g/mol. The van der Waals surface area contributed by atoms with Crippen LogP contribution in [0.1, 0.15) is 31.0 Å². The van der Waals surface area contributed by atoms with E-state index in [-0.39, 0.29) is 11.3 Å². The van der Waals surface area contributed by atoms with Crippen molar-refractivity contribution in [3.8, 4) is 5.75 Å². The van der Waals surface area contributed by atoms with Gasteiger partial charge in [-0.25, -0.2) is 4.99 Å². The molecule has 0 saturated carbocycles. The van der Waals surface area contributed by atoms with Crippen molar-refractivity contribution < 1.29 is 9.53 Å². The highest BCUT2D eigenvalue weighted by Crippen LogP contribution is 2.31. The van der Waals surface area contributed by atoms with Crippen LogP contribution in [0.25, 0.3) is 6.08 Å². The molecule has 0 unspecified atom stereocenters. The molecule has 0 amide bonds. The molecular weight excluding hydrogens is 420 g/mol. The summed E-state index contributed by atoms with van der Waals surface area (Å²) in [5.41, 5.74) is 2.66. The minimum Gasteiger partial charge on any atom is -0.497 e. The Balaban J connectivity index is 1.94. The van der Waals surface area contributed by atoms with Gasteiger partial charge in [0.2, 0.25) is 0 Å². The predicted molar refractivity (Wildman–Crippen MR) is 119 cm³/mol. The van der Waals surface area contributed by atoms with Gasteiger partial charge in [-0.15, -0.1) is 0 Å². The number of carbonyl (C=O) groups excluding carboxylic acids is 1. The van der Waals surface area contributed by atoms with Gasteiger partial charge in [0.15, 0.2) is 10.6 Å². The molecule has 0 saturated heterocycles. The third-order valence-corrected chi connectivity index (χ3v) is 6.24.